The van der Waals surface area contributed by atoms with Crippen LogP contribution in [0.3, 0.4) is 0 Å². The van der Waals surface area contributed by atoms with Gasteiger partial charge in [-0.25, -0.2) is 0 Å². The molecule has 1 saturated heterocycles. The number of aldehydes is 1. The molecule has 1 aromatic carbocycles. The Morgan fingerprint density at radius 2 is 1.67 bits per heavy atom. The van der Waals surface area contributed by atoms with Crippen LogP contribution in [0.15, 0.2) is 24.3 Å². The third kappa shape index (κ3) is 2.08. The van der Waals surface area contributed by atoms with Gasteiger partial charge < -0.3 is 9.85 Å². The minimum atomic E-state index is -0.223. The maximum Gasteiger partial charge on any atom is 0.150 e. The van der Waals surface area contributed by atoms with Crippen molar-refractivity contribution in [1.29, 1.82) is 0 Å². The minimum absolute atomic E-state index is 0.223. The van der Waals surface area contributed by atoms with E-state index in [1.165, 1.54) is 0 Å². The van der Waals surface area contributed by atoms with Gasteiger partial charge >= 0.3 is 0 Å². The molecule has 1 aliphatic rings. The van der Waals surface area contributed by atoms with Crippen LogP contribution >= 0.6 is 0 Å². The molecule has 80 valence electrons. The van der Waals surface area contributed by atoms with Crippen LogP contribution in [0.4, 0.5) is 5.69 Å². The van der Waals surface area contributed by atoms with Crippen LogP contribution in [0.5, 0.6) is 0 Å². The zero-order chi connectivity index (χ0) is 10.7. The van der Waals surface area contributed by atoms with Gasteiger partial charge in [0.05, 0.1) is 13.1 Å². The van der Waals surface area contributed by atoms with E-state index in [0.717, 1.165) is 31.2 Å². The number of piperidine rings is 1. The summed E-state index contributed by atoms with van der Waals surface area (Å²) in [6.45, 7) is 1.33. The van der Waals surface area contributed by atoms with Gasteiger partial charge in [0.1, 0.15) is 12.0 Å². The van der Waals surface area contributed by atoms with Crippen molar-refractivity contribution in [2.75, 3.05) is 13.1 Å². The van der Waals surface area contributed by atoms with Crippen molar-refractivity contribution >= 4 is 12.0 Å². The number of hydroxylamine groups is 2. The summed E-state index contributed by atoms with van der Waals surface area (Å²) >= 11 is 0. The Morgan fingerprint density at radius 3 is 2.20 bits per heavy atom. The van der Waals surface area contributed by atoms with E-state index in [4.69, 9.17) is 0 Å². The molecule has 0 bridgehead atoms. The Bertz CT molecular complexity index is 339. The molecular formula is C12H15NO2. The third-order valence-corrected chi connectivity index (χ3v) is 3.04. The van der Waals surface area contributed by atoms with Crippen LogP contribution in [0.25, 0.3) is 0 Å². The number of hydrogen-bond donors (Lipinski definition) is 0. The largest absolute Gasteiger partial charge is 0.627 e. The molecule has 3 heteroatoms. The van der Waals surface area contributed by atoms with Crippen LogP contribution in [0.1, 0.15) is 29.6 Å². The summed E-state index contributed by atoms with van der Waals surface area (Å²) < 4.78 is -0.223. The maximum atomic E-state index is 12.4. The van der Waals surface area contributed by atoms with E-state index in [9.17, 15) is 10.0 Å². The Balaban J connectivity index is 2.23. The second kappa shape index (κ2) is 4.13. The van der Waals surface area contributed by atoms with Gasteiger partial charge in [-0.2, -0.15) is 0 Å². The van der Waals surface area contributed by atoms with Crippen molar-refractivity contribution in [3.8, 4) is 0 Å². The Hall–Kier alpha value is -1.19. The van der Waals surface area contributed by atoms with Gasteiger partial charge in [0.25, 0.3) is 0 Å². The molecule has 0 aromatic heterocycles. The van der Waals surface area contributed by atoms with Gasteiger partial charge in [0, 0.05) is 17.7 Å². The second-order valence-corrected chi connectivity index (χ2v) is 4.11. The molecule has 0 saturated carbocycles. The Morgan fingerprint density at radius 1 is 1.07 bits per heavy atom. The fourth-order valence-electron chi connectivity index (χ4n) is 2.11. The fraction of sp³-hybridized carbons (Fsp3) is 0.417. The first kappa shape index (κ1) is 10.3. The molecule has 3 nitrogen and oxygen atoms in total. The molecule has 1 aliphatic heterocycles. The van der Waals surface area contributed by atoms with Gasteiger partial charge in [-0.3, -0.25) is 4.79 Å². The smallest absolute Gasteiger partial charge is 0.150 e. The van der Waals surface area contributed by atoms with Gasteiger partial charge in [-0.05, 0) is 31.4 Å². The quantitative estimate of drug-likeness (QED) is 0.423. The van der Waals surface area contributed by atoms with E-state index in [-0.39, 0.29) is 4.65 Å². The predicted octanol–water partition coefficient (Wildman–Crippen LogP) is 2.49. The third-order valence-electron chi connectivity index (χ3n) is 3.04. The highest BCUT2D eigenvalue weighted by molar-refractivity contribution is 5.75. The van der Waals surface area contributed by atoms with Crippen molar-refractivity contribution in [2.45, 2.75) is 19.3 Å². The molecule has 1 heterocycles. The fourth-order valence-corrected chi connectivity index (χ4v) is 2.11. The van der Waals surface area contributed by atoms with E-state index in [1.54, 1.807) is 24.3 Å². The van der Waals surface area contributed by atoms with Crippen molar-refractivity contribution < 1.29 is 4.79 Å². The first-order valence-electron chi connectivity index (χ1n) is 5.38. The standard InChI is InChI=1S/C12H15NO2/c14-10-11-4-6-12(7-5-11)13(15)8-2-1-3-9-13/h4-7,10H,1-3,8-9H2. The molecule has 0 aliphatic carbocycles. The van der Waals surface area contributed by atoms with E-state index in [0.29, 0.717) is 18.7 Å². The summed E-state index contributed by atoms with van der Waals surface area (Å²) in [6, 6.07) is 6.99. The van der Waals surface area contributed by atoms with Gasteiger partial charge in [-0.1, -0.05) is 0 Å². The molecule has 0 atom stereocenters. The van der Waals surface area contributed by atoms with Crippen molar-refractivity contribution in [3.05, 3.63) is 35.0 Å². The minimum Gasteiger partial charge on any atom is -0.627 e. The summed E-state index contributed by atoms with van der Waals surface area (Å²) in [5.41, 5.74) is 1.41. The van der Waals surface area contributed by atoms with Crippen LogP contribution < -0.4 is 4.65 Å². The highest BCUT2D eigenvalue weighted by Gasteiger charge is 2.23. The molecule has 0 amide bonds. The average molecular weight is 205 g/mol. The Kier molecular flexibility index (Phi) is 2.84. The first-order valence-corrected chi connectivity index (χ1v) is 5.38. The van der Waals surface area contributed by atoms with Crippen LogP contribution in [-0.2, 0) is 0 Å². The molecular weight excluding hydrogens is 190 g/mol. The lowest BCUT2D eigenvalue weighted by Gasteiger charge is -2.44. The average Bonchev–Trinajstić information content (AvgIpc) is 2.30. The summed E-state index contributed by atoms with van der Waals surface area (Å²) in [7, 11) is 0. The number of carbonyl (C=O) groups is 1. The number of benzene rings is 1. The lowest BCUT2D eigenvalue weighted by atomic mass is 10.1. The van der Waals surface area contributed by atoms with Gasteiger partial charge in [0.15, 0.2) is 0 Å². The summed E-state index contributed by atoms with van der Waals surface area (Å²) in [5.74, 6) is 0. The molecule has 0 unspecified atom stereocenters. The number of rotatable bonds is 2. The summed E-state index contributed by atoms with van der Waals surface area (Å²) in [5, 5.41) is 12.4. The first-order chi connectivity index (χ1) is 7.24. The number of quaternary nitrogens is 1. The highest BCUT2D eigenvalue weighted by Crippen LogP contribution is 2.27. The molecule has 0 N–H and O–H groups in total. The zero-order valence-corrected chi connectivity index (χ0v) is 8.69. The molecule has 15 heavy (non-hydrogen) atoms. The number of nitrogens with zero attached hydrogens (tertiary/aromatic N) is 1. The van der Waals surface area contributed by atoms with Crippen molar-refractivity contribution in [3.63, 3.8) is 0 Å². The van der Waals surface area contributed by atoms with E-state index < -0.39 is 0 Å². The Labute approximate surface area is 89.5 Å². The molecule has 1 fully saturated rings. The summed E-state index contributed by atoms with van der Waals surface area (Å²) in [4.78, 5) is 10.5. The lowest BCUT2D eigenvalue weighted by Crippen LogP contribution is -2.47. The molecule has 0 radical (unpaired) electrons. The topological polar surface area (TPSA) is 40.1 Å². The van der Waals surface area contributed by atoms with Crippen LogP contribution in [0.2, 0.25) is 0 Å². The monoisotopic (exact) mass is 205 g/mol. The molecule has 1 aromatic rings. The van der Waals surface area contributed by atoms with E-state index >= 15 is 0 Å². The predicted molar refractivity (Wildman–Crippen MR) is 60.6 cm³/mol. The number of carbonyl (C=O) groups excluding carboxylic acids is 1. The highest BCUT2D eigenvalue weighted by atomic mass is 16.5. The van der Waals surface area contributed by atoms with Gasteiger partial charge in [0.2, 0.25) is 0 Å². The van der Waals surface area contributed by atoms with Crippen LogP contribution in [-0.4, -0.2) is 19.4 Å². The van der Waals surface area contributed by atoms with Crippen molar-refractivity contribution in [1.82, 2.24) is 4.65 Å². The lowest BCUT2D eigenvalue weighted by molar-refractivity contribution is 0.112. The molecule has 0 spiro atoms. The van der Waals surface area contributed by atoms with E-state index in [2.05, 4.69) is 0 Å². The number of hydrogen-bond acceptors (Lipinski definition) is 2. The second-order valence-electron chi connectivity index (χ2n) is 4.11. The maximum absolute atomic E-state index is 12.4. The zero-order valence-electron chi connectivity index (χ0n) is 8.69. The normalized spacial score (nSPS) is 19.8. The summed E-state index contributed by atoms with van der Waals surface area (Å²) in [6.07, 6.45) is 3.96. The SMILES string of the molecule is O=Cc1ccc([N+]2([O-])CCCCC2)cc1. The van der Waals surface area contributed by atoms with Gasteiger partial charge in [-0.15, -0.1) is 0 Å². The molecule has 2 rings (SSSR count). The van der Waals surface area contributed by atoms with Crippen LogP contribution in [0, 0.1) is 5.21 Å². The van der Waals surface area contributed by atoms with E-state index in [1.807, 2.05) is 0 Å². The van der Waals surface area contributed by atoms with Crippen molar-refractivity contribution in [2.24, 2.45) is 0 Å².